The molecule has 102 valence electrons. The molecular weight excluding hydrogens is 218 g/mol. The molecule has 0 bridgehead atoms. The van der Waals surface area contributed by atoms with E-state index in [1.54, 1.807) is 7.11 Å². The summed E-state index contributed by atoms with van der Waals surface area (Å²) in [5.74, 6) is 0.515. The van der Waals surface area contributed by atoms with E-state index in [0.717, 1.165) is 13.0 Å². The predicted octanol–water partition coefficient (Wildman–Crippen LogP) is 0.0542. The van der Waals surface area contributed by atoms with E-state index in [1.165, 1.54) is 0 Å². The van der Waals surface area contributed by atoms with Crippen LogP contribution in [0.5, 0.6) is 0 Å². The number of rotatable bonds is 9. The van der Waals surface area contributed by atoms with Gasteiger partial charge in [-0.1, -0.05) is 13.8 Å². The van der Waals surface area contributed by atoms with Crippen LogP contribution < -0.4 is 11.1 Å². The number of hydrogen-bond donors (Lipinski definition) is 2. The second kappa shape index (κ2) is 9.39. The van der Waals surface area contributed by atoms with E-state index < -0.39 is 0 Å². The van der Waals surface area contributed by atoms with E-state index in [1.807, 2.05) is 11.9 Å². The van der Waals surface area contributed by atoms with Gasteiger partial charge >= 0.3 is 0 Å². The van der Waals surface area contributed by atoms with Crippen LogP contribution in [0.1, 0.15) is 20.3 Å². The van der Waals surface area contributed by atoms with Crippen LogP contribution >= 0.6 is 0 Å². The first-order valence-corrected chi connectivity index (χ1v) is 6.17. The lowest BCUT2D eigenvalue weighted by atomic mass is 10.0. The minimum Gasteiger partial charge on any atom is -0.383 e. The molecular formula is C12H27N3O2. The highest BCUT2D eigenvalue weighted by Crippen LogP contribution is 2.03. The summed E-state index contributed by atoms with van der Waals surface area (Å²) in [5.41, 5.74) is 5.95. The van der Waals surface area contributed by atoms with Gasteiger partial charge in [-0.15, -0.1) is 0 Å². The van der Waals surface area contributed by atoms with Crippen molar-refractivity contribution in [1.29, 1.82) is 0 Å². The minimum absolute atomic E-state index is 0.0302. The van der Waals surface area contributed by atoms with Gasteiger partial charge in [0.05, 0.1) is 13.2 Å². The van der Waals surface area contributed by atoms with E-state index in [2.05, 4.69) is 19.2 Å². The lowest BCUT2D eigenvalue weighted by Crippen LogP contribution is -2.39. The maximum Gasteiger partial charge on any atom is 0.234 e. The molecule has 0 aromatic heterocycles. The second-order valence-electron chi connectivity index (χ2n) is 4.78. The van der Waals surface area contributed by atoms with Crippen LogP contribution in [0.2, 0.25) is 0 Å². The molecule has 0 aliphatic heterocycles. The van der Waals surface area contributed by atoms with Gasteiger partial charge in [-0.3, -0.25) is 9.69 Å². The number of amides is 1. The maximum atomic E-state index is 11.5. The molecule has 0 aromatic rings. The van der Waals surface area contributed by atoms with Crippen LogP contribution in [0.3, 0.4) is 0 Å². The Hall–Kier alpha value is -0.650. The molecule has 1 atom stereocenters. The third kappa shape index (κ3) is 9.09. The SMILES string of the molecule is COCCNC(=O)CN(C)CCC(N)C(C)C. The van der Waals surface area contributed by atoms with E-state index in [4.69, 9.17) is 10.5 Å². The lowest BCUT2D eigenvalue weighted by molar-refractivity contribution is -0.122. The molecule has 0 spiro atoms. The van der Waals surface area contributed by atoms with Crippen LogP contribution in [0.4, 0.5) is 0 Å². The number of carbonyl (C=O) groups is 1. The zero-order valence-electron chi connectivity index (χ0n) is 11.5. The first-order valence-electron chi connectivity index (χ1n) is 6.17. The van der Waals surface area contributed by atoms with Gasteiger partial charge in [-0.05, 0) is 25.9 Å². The van der Waals surface area contributed by atoms with Crippen molar-refractivity contribution in [2.45, 2.75) is 26.3 Å². The molecule has 0 aliphatic rings. The number of methoxy groups -OCH3 is 1. The summed E-state index contributed by atoms with van der Waals surface area (Å²) in [6.07, 6.45) is 0.916. The average Bonchev–Trinajstić information content (AvgIpc) is 2.26. The van der Waals surface area contributed by atoms with Gasteiger partial charge in [0, 0.05) is 19.7 Å². The summed E-state index contributed by atoms with van der Waals surface area (Å²) < 4.78 is 4.86. The lowest BCUT2D eigenvalue weighted by Gasteiger charge is -2.20. The Labute approximate surface area is 105 Å². The summed E-state index contributed by atoms with van der Waals surface area (Å²) in [7, 11) is 3.55. The topological polar surface area (TPSA) is 67.6 Å². The number of likely N-dealkylation sites (N-methyl/N-ethyl adjacent to an activating group) is 1. The Morgan fingerprint density at radius 2 is 2.12 bits per heavy atom. The van der Waals surface area contributed by atoms with Crippen molar-refractivity contribution >= 4 is 5.91 Å². The molecule has 0 radical (unpaired) electrons. The van der Waals surface area contributed by atoms with Crippen LogP contribution in [-0.4, -0.2) is 57.2 Å². The van der Waals surface area contributed by atoms with Crippen LogP contribution in [0.15, 0.2) is 0 Å². The molecule has 0 saturated heterocycles. The van der Waals surface area contributed by atoms with Gasteiger partial charge < -0.3 is 15.8 Å². The number of carbonyl (C=O) groups excluding carboxylic acids is 1. The highest BCUT2D eigenvalue weighted by atomic mass is 16.5. The predicted molar refractivity (Wildman–Crippen MR) is 69.8 cm³/mol. The van der Waals surface area contributed by atoms with Crippen LogP contribution in [0, 0.1) is 5.92 Å². The van der Waals surface area contributed by atoms with Crippen molar-refractivity contribution in [3.8, 4) is 0 Å². The Balaban J connectivity index is 3.63. The number of ether oxygens (including phenoxy) is 1. The van der Waals surface area contributed by atoms with Crippen molar-refractivity contribution < 1.29 is 9.53 Å². The number of nitrogens with two attached hydrogens (primary N) is 1. The van der Waals surface area contributed by atoms with E-state index in [-0.39, 0.29) is 11.9 Å². The standard InChI is InChI=1S/C12H27N3O2/c1-10(2)11(13)5-7-15(3)9-12(16)14-6-8-17-4/h10-11H,5-9,13H2,1-4H3,(H,14,16). The van der Waals surface area contributed by atoms with Crippen molar-refractivity contribution in [3.05, 3.63) is 0 Å². The largest absolute Gasteiger partial charge is 0.383 e. The highest BCUT2D eigenvalue weighted by Gasteiger charge is 2.10. The molecule has 0 aromatic carbocycles. The molecule has 5 nitrogen and oxygen atoms in total. The number of hydrogen-bond acceptors (Lipinski definition) is 4. The molecule has 1 unspecified atom stereocenters. The third-order valence-corrected chi connectivity index (χ3v) is 2.74. The zero-order chi connectivity index (χ0) is 13.3. The molecule has 0 fully saturated rings. The maximum absolute atomic E-state index is 11.5. The van der Waals surface area contributed by atoms with Gasteiger partial charge in [0.25, 0.3) is 0 Å². The Kier molecular flexibility index (Phi) is 9.03. The van der Waals surface area contributed by atoms with Crippen LogP contribution in [0.25, 0.3) is 0 Å². The van der Waals surface area contributed by atoms with Crippen molar-refractivity contribution in [2.75, 3.05) is 40.4 Å². The van der Waals surface area contributed by atoms with Gasteiger partial charge in [0.15, 0.2) is 0 Å². The number of nitrogens with one attached hydrogen (secondary N) is 1. The second-order valence-corrected chi connectivity index (χ2v) is 4.78. The first-order chi connectivity index (χ1) is 7.97. The number of nitrogens with zero attached hydrogens (tertiary/aromatic N) is 1. The van der Waals surface area contributed by atoms with E-state index >= 15 is 0 Å². The average molecular weight is 245 g/mol. The summed E-state index contributed by atoms with van der Waals surface area (Å²) in [5, 5.41) is 2.79. The summed E-state index contributed by atoms with van der Waals surface area (Å²) >= 11 is 0. The van der Waals surface area contributed by atoms with Crippen molar-refractivity contribution in [3.63, 3.8) is 0 Å². The molecule has 5 heteroatoms. The summed E-state index contributed by atoms with van der Waals surface area (Å²) in [6.45, 7) is 6.60. The smallest absolute Gasteiger partial charge is 0.234 e. The molecule has 0 aliphatic carbocycles. The van der Waals surface area contributed by atoms with Crippen molar-refractivity contribution in [1.82, 2.24) is 10.2 Å². The van der Waals surface area contributed by atoms with E-state index in [0.29, 0.717) is 25.6 Å². The zero-order valence-corrected chi connectivity index (χ0v) is 11.5. The third-order valence-electron chi connectivity index (χ3n) is 2.74. The quantitative estimate of drug-likeness (QED) is 0.563. The van der Waals surface area contributed by atoms with Gasteiger partial charge in [-0.2, -0.15) is 0 Å². The summed E-state index contributed by atoms with van der Waals surface area (Å²) in [4.78, 5) is 13.5. The van der Waals surface area contributed by atoms with Gasteiger partial charge in [0.2, 0.25) is 5.91 Å². The van der Waals surface area contributed by atoms with Crippen LogP contribution in [-0.2, 0) is 9.53 Å². The fourth-order valence-electron chi connectivity index (χ4n) is 1.38. The van der Waals surface area contributed by atoms with E-state index in [9.17, 15) is 4.79 Å². The molecule has 0 rings (SSSR count). The van der Waals surface area contributed by atoms with Gasteiger partial charge in [-0.25, -0.2) is 0 Å². The fourth-order valence-corrected chi connectivity index (χ4v) is 1.38. The van der Waals surface area contributed by atoms with Crippen molar-refractivity contribution in [2.24, 2.45) is 11.7 Å². The molecule has 0 saturated carbocycles. The molecule has 17 heavy (non-hydrogen) atoms. The molecule has 0 heterocycles. The normalized spacial score (nSPS) is 13.1. The Bertz CT molecular complexity index is 210. The fraction of sp³-hybridized carbons (Fsp3) is 0.917. The van der Waals surface area contributed by atoms with Gasteiger partial charge in [0.1, 0.15) is 0 Å². The minimum atomic E-state index is 0.0302. The summed E-state index contributed by atoms with van der Waals surface area (Å²) in [6, 6.07) is 0.203. The highest BCUT2D eigenvalue weighted by molar-refractivity contribution is 5.77. The Morgan fingerprint density at radius 1 is 1.47 bits per heavy atom. The first kappa shape index (κ1) is 16.4. The molecule has 1 amide bonds. The molecule has 3 N–H and O–H groups in total. The Morgan fingerprint density at radius 3 is 2.65 bits per heavy atom. The monoisotopic (exact) mass is 245 g/mol.